The summed E-state index contributed by atoms with van der Waals surface area (Å²) < 4.78 is 5.10. The first kappa shape index (κ1) is 9.09. The molecule has 0 amide bonds. The second-order valence-corrected chi connectivity index (χ2v) is 3.31. The lowest BCUT2D eigenvalue weighted by Gasteiger charge is -2.06. The van der Waals surface area contributed by atoms with E-state index in [2.05, 4.69) is 4.98 Å². The van der Waals surface area contributed by atoms with Gasteiger partial charge in [0, 0.05) is 11.6 Å². The number of methoxy groups -OCH3 is 1. The molecule has 2 rings (SSSR count). The molecule has 0 aliphatic heterocycles. The van der Waals surface area contributed by atoms with Gasteiger partial charge >= 0.3 is 0 Å². The van der Waals surface area contributed by atoms with Crippen LogP contribution >= 0.6 is 11.6 Å². The van der Waals surface area contributed by atoms with Crippen molar-refractivity contribution in [2.75, 3.05) is 12.8 Å². The third-order valence-corrected chi connectivity index (χ3v) is 2.36. The van der Waals surface area contributed by atoms with E-state index < -0.39 is 0 Å². The van der Waals surface area contributed by atoms with Crippen LogP contribution in [0.4, 0.5) is 5.82 Å². The van der Waals surface area contributed by atoms with E-state index in [4.69, 9.17) is 22.1 Å². The van der Waals surface area contributed by atoms with Crippen LogP contribution < -0.4 is 10.5 Å². The van der Waals surface area contributed by atoms with Crippen molar-refractivity contribution in [1.29, 1.82) is 0 Å². The summed E-state index contributed by atoms with van der Waals surface area (Å²) in [7, 11) is 1.58. The number of fused-ring (bicyclic) bond motifs is 1. The number of aromatic nitrogens is 1. The lowest BCUT2D eigenvalue weighted by Crippen LogP contribution is -1.92. The Morgan fingerprint density at radius 1 is 1.43 bits per heavy atom. The quantitative estimate of drug-likeness (QED) is 0.783. The number of rotatable bonds is 1. The Bertz CT molecular complexity index is 485. The predicted molar refractivity (Wildman–Crippen MR) is 57.7 cm³/mol. The van der Waals surface area contributed by atoms with Crippen LogP contribution in [0.3, 0.4) is 0 Å². The molecule has 0 saturated carbocycles. The zero-order valence-electron chi connectivity index (χ0n) is 7.62. The molecule has 14 heavy (non-hydrogen) atoms. The lowest BCUT2D eigenvalue weighted by atomic mass is 10.1. The third-order valence-electron chi connectivity index (χ3n) is 2.07. The number of hydrogen-bond acceptors (Lipinski definition) is 3. The molecule has 4 heteroatoms. The molecule has 0 spiro atoms. The fourth-order valence-electron chi connectivity index (χ4n) is 1.35. The van der Waals surface area contributed by atoms with Gasteiger partial charge in [-0.15, -0.1) is 0 Å². The largest absolute Gasteiger partial charge is 0.495 e. The SMILES string of the molecule is COc1cc2ccnc(N)c2cc1Cl. The topological polar surface area (TPSA) is 48.1 Å². The molecule has 2 N–H and O–H groups in total. The fraction of sp³-hybridized carbons (Fsp3) is 0.100. The molecule has 0 bridgehead atoms. The summed E-state index contributed by atoms with van der Waals surface area (Å²) in [5.41, 5.74) is 5.71. The standard InChI is InChI=1S/C10H9ClN2O/c1-14-9-4-6-2-3-13-10(12)7(6)5-8(9)11/h2-5H,1H3,(H2,12,13). The molecule has 3 nitrogen and oxygen atoms in total. The maximum Gasteiger partial charge on any atom is 0.138 e. The predicted octanol–water partition coefficient (Wildman–Crippen LogP) is 2.48. The summed E-state index contributed by atoms with van der Waals surface area (Å²) in [5, 5.41) is 2.36. The Morgan fingerprint density at radius 2 is 2.21 bits per heavy atom. The molecule has 0 atom stereocenters. The molecule has 2 aromatic rings. The average Bonchev–Trinajstić information content (AvgIpc) is 2.19. The highest BCUT2D eigenvalue weighted by Crippen LogP contribution is 2.31. The Morgan fingerprint density at radius 3 is 2.93 bits per heavy atom. The van der Waals surface area contributed by atoms with Crippen LogP contribution in [0, 0.1) is 0 Å². The van der Waals surface area contributed by atoms with Crippen LogP contribution in [0.5, 0.6) is 5.75 Å². The number of anilines is 1. The monoisotopic (exact) mass is 208 g/mol. The number of hydrogen-bond donors (Lipinski definition) is 1. The molecule has 0 fully saturated rings. The minimum atomic E-state index is 0.479. The van der Waals surface area contributed by atoms with Gasteiger partial charge in [-0.3, -0.25) is 0 Å². The van der Waals surface area contributed by atoms with Crippen LogP contribution in [-0.4, -0.2) is 12.1 Å². The fourth-order valence-corrected chi connectivity index (χ4v) is 1.59. The maximum absolute atomic E-state index is 5.97. The summed E-state index contributed by atoms with van der Waals surface area (Å²) in [5.74, 6) is 1.12. The van der Waals surface area contributed by atoms with Gasteiger partial charge in [0.2, 0.25) is 0 Å². The number of nitrogens with two attached hydrogens (primary N) is 1. The van der Waals surface area contributed by atoms with Crippen molar-refractivity contribution in [2.45, 2.75) is 0 Å². The van der Waals surface area contributed by atoms with E-state index in [0.29, 0.717) is 16.6 Å². The summed E-state index contributed by atoms with van der Waals surface area (Å²) in [4.78, 5) is 3.98. The van der Waals surface area contributed by atoms with Crippen LogP contribution in [0.15, 0.2) is 24.4 Å². The zero-order chi connectivity index (χ0) is 10.1. The highest BCUT2D eigenvalue weighted by molar-refractivity contribution is 6.33. The second-order valence-electron chi connectivity index (χ2n) is 2.90. The number of benzene rings is 1. The highest BCUT2D eigenvalue weighted by Gasteiger charge is 2.05. The maximum atomic E-state index is 5.97. The van der Waals surface area contributed by atoms with Crippen molar-refractivity contribution >= 4 is 28.2 Å². The number of nitrogen functional groups attached to an aromatic ring is 1. The van der Waals surface area contributed by atoms with E-state index in [1.807, 2.05) is 12.1 Å². The van der Waals surface area contributed by atoms with Crippen molar-refractivity contribution in [3.8, 4) is 5.75 Å². The highest BCUT2D eigenvalue weighted by atomic mass is 35.5. The Labute approximate surface area is 86.5 Å². The molecule has 0 aliphatic rings. The molecule has 72 valence electrons. The Kier molecular flexibility index (Phi) is 2.17. The summed E-state index contributed by atoms with van der Waals surface area (Å²) in [6.45, 7) is 0. The van der Waals surface area contributed by atoms with Gasteiger partial charge in [0.25, 0.3) is 0 Å². The first-order chi connectivity index (χ1) is 6.72. The van der Waals surface area contributed by atoms with Crippen molar-refractivity contribution < 1.29 is 4.74 Å². The van der Waals surface area contributed by atoms with Crippen molar-refractivity contribution in [3.63, 3.8) is 0 Å². The van der Waals surface area contributed by atoms with Crippen molar-refractivity contribution in [3.05, 3.63) is 29.4 Å². The smallest absolute Gasteiger partial charge is 0.138 e. The molecule has 0 radical (unpaired) electrons. The van der Waals surface area contributed by atoms with Gasteiger partial charge in [-0.2, -0.15) is 0 Å². The molecule has 0 saturated heterocycles. The Hall–Kier alpha value is -1.48. The third kappa shape index (κ3) is 1.36. The van der Waals surface area contributed by atoms with Gasteiger partial charge in [0.1, 0.15) is 11.6 Å². The first-order valence-electron chi connectivity index (χ1n) is 4.10. The average molecular weight is 209 g/mol. The Balaban J connectivity index is 2.79. The van der Waals surface area contributed by atoms with Gasteiger partial charge in [0.05, 0.1) is 12.1 Å². The molecule has 1 aromatic heterocycles. The van der Waals surface area contributed by atoms with E-state index in [1.165, 1.54) is 0 Å². The van der Waals surface area contributed by atoms with Crippen LogP contribution in [-0.2, 0) is 0 Å². The van der Waals surface area contributed by atoms with Crippen molar-refractivity contribution in [2.24, 2.45) is 0 Å². The minimum absolute atomic E-state index is 0.479. The van der Waals surface area contributed by atoms with Crippen molar-refractivity contribution in [1.82, 2.24) is 4.98 Å². The van der Waals surface area contributed by atoms with Crippen LogP contribution in [0.2, 0.25) is 5.02 Å². The normalized spacial score (nSPS) is 10.4. The van der Waals surface area contributed by atoms with Gasteiger partial charge in [-0.25, -0.2) is 4.98 Å². The van der Waals surface area contributed by atoms with E-state index in [1.54, 1.807) is 19.4 Å². The molecule has 0 aliphatic carbocycles. The number of halogens is 1. The van der Waals surface area contributed by atoms with Gasteiger partial charge in [-0.1, -0.05) is 11.6 Å². The number of ether oxygens (including phenoxy) is 1. The summed E-state index contributed by atoms with van der Waals surface area (Å²) >= 11 is 5.97. The van der Waals surface area contributed by atoms with E-state index in [0.717, 1.165) is 10.8 Å². The molecule has 0 unspecified atom stereocenters. The van der Waals surface area contributed by atoms with Gasteiger partial charge in [-0.05, 0) is 23.6 Å². The van der Waals surface area contributed by atoms with E-state index in [-0.39, 0.29) is 0 Å². The van der Waals surface area contributed by atoms with E-state index in [9.17, 15) is 0 Å². The molecule has 1 aromatic carbocycles. The lowest BCUT2D eigenvalue weighted by molar-refractivity contribution is 0.415. The molecular formula is C10H9ClN2O. The second kappa shape index (κ2) is 3.35. The summed E-state index contributed by atoms with van der Waals surface area (Å²) in [6, 6.07) is 5.47. The van der Waals surface area contributed by atoms with Gasteiger partial charge < -0.3 is 10.5 Å². The minimum Gasteiger partial charge on any atom is -0.495 e. The molecule has 1 heterocycles. The van der Waals surface area contributed by atoms with Crippen LogP contribution in [0.1, 0.15) is 0 Å². The van der Waals surface area contributed by atoms with E-state index >= 15 is 0 Å². The molecular weight excluding hydrogens is 200 g/mol. The number of pyridine rings is 1. The first-order valence-corrected chi connectivity index (χ1v) is 4.48. The van der Waals surface area contributed by atoms with Crippen LogP contribution in [0.25, 0.3) is 10.8 Å². The van der Waals surface area contributed by atoms with Gasteiger partial charge in [0.15, 0.2) is 0 Å². The zero-order valence-corrected chi connectivity index (χ0v) is 8.38. The summed E-state index contributed by atoms with van der Waals surface area (Å²) in [6.07, 6.45) is 1.66. The number of nitrogens with zero attached hydrogens (tertiary/aromatic N) is 1.